The molecule has 72 valence electrons. The van der Waals surface area contributed by atoms with Gasteiger partial charge in [-0.05, 0) is 12.1 Å². The van der Waals surface area contributed by atoms with Gasteiger partial charge in [0.25, 0.3) is 0 Å². The summed E-state index contributed by atoms with van der Waals surface area (Å²) in [6.45, 7) is 0.477. The molecule has 0 radical (unpaired) electrons. The first-order chi connectivity index (χ1) is 6.25. The monoisotopic (exact) mass is 247 g/mol. The molecule has 13 heavy (non-hydrogen) atoms. The van der Waals surface area contributed by atoms with Crippen LogP contribution in [0.3, 0.4) is 0 Å². The smallest absolute Gasteiger partial charge is 0.147 e. The minimum atomic E-state index is 0.0452. The average Bonchev–Trinajstić information content (AvgIpc) is 2.15. The molecule has 0 aliphatic heterocycles. The first-order valence-corrected chi connectivity index (χ1v) is 4.83. The summed E-state index contributed by atoms with van der Waals surface area (Å²) >= 11 is 3.20. The molecule has 2 N–H and O–H groups in total. The predicted molar refractivity (Wildman–Crippen MR) is 51.8 cm³/mol. The van der Waals surface area contributed by atoms with E-state index in [1.54, 1.807) is 24.3 Å². The van der Waals surface area contributed by atoms with Crippen LogP contribution in [0.25, 0.3) is 0 Å². The normalized spacial score (nSPS) is 9.77. The Kier molecular flexibility index (Phi) is 4.01. The van der Waals surface area contributed by atoms with Crippen molar-refractivity contribution in [3.63, 3.8) is 0 Å². The molecule has 0 fully saturated rings. The first kappa shape index (κ1) is 10.3. The second kappa shape index (κ2) is 5.06. The van der Waals surface area contributed by atoms with E-state index in [1.807, 2.05) is 0 Å². The van der Waals surface area contributed by atoms with Crippen molar-refractivity contribution in [1.82, 2.24) is 0 Å². The molecule has 0 saturated heterocycles. The van der Waals surface area contributed by atoms with E-state index in [4.69, 9.17) is 15.2 Å². The zero-order chi connectivity index (χ0) is 9.68. The molecule has 5 heteroatoms. The highest BCUT2D eigenvalue weighted by molar-refractivity contribution is 9.09. The van der Waals surface area contributed by atoms with Gasteiger partial charge in [0.15, 0.2) is 0 Å². The molecule has 0 heterocycles. The standard InChI is InChI=1S/C8H10BrNO3/c9-5-6-13-8-4-2-1-3-7(8)10(11)12/h1-4,11-12H,5-6H2. The van der Waals surface area contributed by atoms with Crippen molar-refractivity contribution >= 4 is 21.6 Å². The Morgan fingerprint density at radius 3 is 2.62 bits per heavy atom. The minimum absolute atomic E-state index is 0.0452. The summed E-state index contributed by atoms with van der Waals surface area (Å²) in [4.78, 5) is 0. The summed E-state index contributed by atoms with van der Waals surface area (Å²) in [7, 11) is 0. The molecule has 0 saturated carbocycles. The lowest BCUT2D eigenvalue weighted by atomic mass is 10.3. The van der Waals surface area contributed by atoms with Crippen molar-refractivity contribution in [1.29, 1.82) is 0 Å². The van der Waals surface area contributed by atoms with Crippen LogP contribution in [0.1, 0.15) is 0 Å². The number of anilines is 1. The lowest BCUT2D eigenvalue weighted by molar-refractivity contribution is 0.0277. The Morgan fingerprint density at radius 2 is 2.00 bits per heavy atom. The fourth-order valence-electron chi connectivity index (χ4n) is 0.893. The third-order valence-electron chi connectivity index (χ3n) is 1.42. The predicted octanol–water partition coefficient (Wildman–Crippen LogP) is 2.05. The third-order valence-corrected chi connectivity index (χ3v) is 1.74. The van der Waals surface area contributed by atoms with Crippen LogP contribution >= 0.6 is 15.9 Å². The van der Waals surface area contributed by atoms with Crippen molar-refractivity contribution in [3.05, 3.63) is 24.3 Å². The Morgan fingerprint density at radius 1 is 1.31 bits per heavy atom. The SMILES string of the molecule is ON(O)c1ccccc1OCCBr. The van der Waals surface area contributed by atoms with Crippen LogP contribution < -0.4 is 9.96 Å². The maximum atomic E-state index is 8.80. The van der Waals surface area contributed by atoms with Gasteiger partial charge in [-0.2, -0.15) is 0 Å². The quantitative estimate of drug-likeness (QED) is 0.632. The maximum absolute atomic E-state index is 8.80. The van der Waals surface area contributed by atoms with Crippen LogP contribution in [0.2, 0.25) is 0 Å². The fourth-order valence-corrected chi connectivity index (χ4v) is 1.05. The van der Waals surface area contributed by atoms with Gasteiger partial charge in [0.05, 0.1) is 6.61 Å². The zero-order valence-electron chi connectivity index (χ0n) is 6.85. The van der Waals surface area contributed by atoms with E-state index in [0.717, 1.165) is 0 Å². The van der Waals surface area contributed by atoms with E-state index in [1.165, 1.54) is 0 Å². The summed E-state index contributed by atoms with van der Waals surface area (Å²) in [5.41, 5.74) is 0.225. The maximum Gasteiger partial charge on any atom is 0.147 e. The van der Waals surface area contributed by atoms with E-state index in [9.17, 15) is 0 Å². The first-order valence-electron chi connectivity index (χ1n) is 3.71. The summed E-state index contributed by atoms with van der Waals surface area (Å²) in [5.74, 6) is 0.437. The highest BCUT2D eigenvalue weighted by Gasteiger charge is 2.06. The number of halogens is 1. The fraction of sp³-hybridized carbons (Fsp3) is 0.250. The third kappa shape index (κ3) is 2.87. The van der Waals surface area contributed by atoms with Gasteiger partial charge in [0.1, 0.15) is 11.4 Å². The summed E-state index contributed by atoms with van der Waals surface area (Å²) < 4.78 is 5.24. The molecule has 4 nitrogen and oxygen atoms in total. The van der Waals surface area contributed by atoms with Crippen LogP contribution in [-0.4, -0.2) is 22.4 Å². The van der Waals surface area contributed by atoms with Gasteiger partial charge in [0, 0.05) is 5.33 Å². The van der Waals surface area contributed by atoms with Crippen LogP contribution in [-0.2, 0) is 0 Å². The van der Waals surface area contributed by atoms with Crippen LogP contribution in [0.5, 0.6) is 5.75 Å². The summed E-state index contributed by atoms with van der Waals surface area (Å²) in [6.07, 6.45) is 0. The lowest BCUT2D eigenvalue weighted by Crippen LogP contribution is -2.13. The van der Waals surface area contributed by atoms with Gasteiger partial charge in [0.2, 0.25) is 0 Å². The number of alkyl halides is 1. The van der Waals surface area contributed by atoms with E-state index >= 15 is 0 Å². The molecule has 1 rings (SSSR count). The number of nitrogens with zero attached hydrogens (tertiary/aromatic N) is 1. The highest BCUT2D eigenvalue weighted by Crippen LogP contribution is 2.25. The molecule has 0 aromatic heterocycles. The molecular weight excluding hydrogens is 238 g/mol. The molecule has 0 bridgehead atoms. The number of ether oxygens (including phenoxy) is 1. The van der Waals surface area contributed by atoms with E-state index < -0.39 is 0 Å². The number of hydrogen-bond acceptors (Lipinski definition) is 4. The number of benzene rings is 1. The second-order valence-electron chi connectivity index (χ2n) is 2.29. The molecule has 1 aromatic carbocycles. The van der Waals surface area contributed by atoms with E-state index in [-0.39, 0.29) is 10.9 Å². The van der Waals surface area contributed by atoms with Gasteiger partial charge in [-0.3, -0.25) is 10.4 Å². The Bertz CT molecular complexity index is 267. The molecular formula is C8H10BrNO3. The Hall–Kier alpha value is -0.780. The van der Waals surface area contributed by atoms with Crippen molar-refractivity contribution in [2.45, 2.75) is 0 Å². The zero-order valence-corrected chi connectivity index (χ0v) is 8.44. The lowest BCUT2D eigenvalue weighted by Gasteiger charge is -2.13. The van der Waals surface area contributed by atoms with Gasteiger partial charge in [-0.1, -0.05) is 28.1 Å². The number of para-hydroxylation sites is 2. The van der Waals surface area contributed by atoms with E-state index in [2.05, 4.69) is 15.9 Å². The second-order valence-corrected chi connectivity index (χ2v) is 3.09. The van der Waals surface area contributed by atoms with Crippen molar-refractivity contribution in [2.75, 3.05) is 17.2 Å². The summed E-state index contributed by atoms with van der Waals surface area (Å²) in [5, 5.41) is 18.3. The Balaban J connectivity index is 2.78. The molecule has 0 aliphatic carbocycles. The number of hydrogen-bond donors (Lipinski definition) is 2. The van der Waals surface area contributed by atoms with Crippen LogP contribution in [0.4, 0.5) is 5.69 Å². The highest BCUT2D eigenvalue weighted by atomic mass is 79.9. The molecule has 0 atom stereocenters. The molecule has 1 aromatic rings. The van der Waals surface area contributed by atoms with Crippen LogP contribution in [0, 0.1) is 0 Å². The summed E-state index contributed by atoms with van der Waals surface area (Å²) in [6, 6.07) is 6.66. The topological polar surface area (TPSA) is 52.9 Å². The van der Waals surface area contributed by atoms with Crippen molar-refractivity contribution < 1.29 is 15.2 Å². The van der Waals surface area contributed by atoms with Gasteiger partial charge < -0.3 is 4.74 Å². The van der Waals surface area contributed by atoms with Gasteiger partial charge in [-0.25, -0.2) is 0 Å². The Labute approximate surface area is 84.4 Å². The largest absolute Gasteiger partial charge is 0.490 e. The minimum Gasteiger partial charge on any atom is -0.490 e. The van der Waals surface area contributed by atoms with Crippen molar-refractivity contribution in [2.24, 2.45) is 0 Å². The average molecular weight is 248 g/mol. The molecule has 0 amide bonds. The molecule has 0 spiro atoms. The number of rotatable bonds is 4. The van der Waals surface area contributed by atoms with E-state index in [0.29, 0.717) is 17.7 Å². The van der Waals surface area contributed by atoms with Crippen LogP contribution in [0.15, 0.2) is 24.3 Å². The van der Waals surface area contributed by atoms with Crippen molar-refractivity contribution in [3.8, 4) is 5.75 Å². The molecule has 0 unspecified atom stereocenters. The van der Waals surface area contributed by atoms with Gasteiger partial charge in [-0.15, -0.1) is 5.23 Å². The van der Waals surface area contributed by atoms with Gasteiger partial charge >= 0.3 is 0 Å². The molecule has 0 aliphatic rings.